The first-order valence-electron chi connectivity index (χ1n) is 7.20. The second kappa shape index (κ2) is 6.56. The molecule has 2 amide bonds. The van der Waals surface area contributed by atoms with Crippen molar-refractivity contribution in [2.75, 3.05) is 6.54 Å². The van der Waals surface area contributed by atoms with Gasteiger partial charge in [0, 0.05) is 18.8 Å². The minimum atomic E-state index is -0.998. The first kappa shape index (κ1) is 15.3. The van der Waals surface area contributed by atoms with E-state index in [0.717, 1.165) is 6.54 Å². The highest BCUT2D eigenvalue weighted by atomic mass is 16.4. The molecule has 0 saturated heterocycles. The van der Waals surface area contributed by atoms with Crippen molar-refractivity contribution in [1.82, 2.24) is 15.2 Å². The molecule has 1 aromatic rings. The number of urea groups is 1. The first-order chi connectivity index (χ1) is 9.97. The molecule has 2 rings (SSSR count). The summed E-state index contributed by atoms with van der Waals surface area (Å²) in [7, 11) is 0. The van der Waals surface area contributed by atoms with Crippen LogP contribution in [-0.4, -0.2) is 39.6 Å². The molecule has 0 radical (unpaired) electrons. The number of carboxylic acids is 1. The summed E-state index contributed by atoms with van der Waals surface area (Å²) in [6, 6.07) is 2.92. The maximum absolute atomic E-state index is 12.2. The van der Waals surface area contributed by atoms with Crippen molar-refractivity contribution in [2.45, 2.75) is 39.3 Å². The van der Waals surface area contributed by atoms with E-state index in [1.807, 2.05) is 18.7 Å². The van der Waals surface area contributed by atoms with Crippen LogP contribution in [0.1, 0.15) is 42.7 Å². The van der Waals surface area contributed by atoms with Crippen molar-refractivity contribution in [2.24, 2.45) is 5.92 Å². The molecule has 0 bridgehead atoms. The smallest absolute Gasteiger partial charge is 0.335 e. The van der Waals surface area contributed by atoms with E-state index in [9.17, 15) is 9.59 Å². The zero-order chi connectivity index (χ0) is 15.4. The Morgan fingerprint density at radius 2 is 2.19 bits per heavy atom. The van der Waals surface area contributed by atoms with Gasteiger partial charge in [0.1, 0.15) is 0 Å². The molecule has 1 fully saturated rings. The maximum Gasteiger partial charge on any atom is 0.335 e. The van der Waals surface area contributed by atoms with Gasteiger partial charge in [-0.15, -0.1) is 0 Å². The number of amides is 2. The summed E-state index contributed by atoms with van der Waals surface area (Å²) in [5, 5.41) is 11.7. The summed E-state index contributed by atoms with van der Waals surface area (Å²) in [5.41, 5.74) is 0.714. The van der Waals surface area contributed by atoms with Crippen LogP contribution in [0.3, 0.4) is 0 Å². The average molecular weight is 291 g/mol. The van der Waals surface area contributed by atoms with Gasteiger partial charge < -0.3 is 15.3 Å². The van der Waals surface area contributed by atoms with Gasteiger partial charge in [0.25, 0.3) is 0 Å². The van der Waals surface area contributed by atoms with Crippen molar-refractivity contribution in [1.29, 1.82) is 0 Å². The van der Waals surface area contributed by atoms with E-state index >= 15 is 0 Å². The summed E-state index contributed by atoms with van der Waals surface area (Å²) in [4.78, 5) is 29.0. The second-order valence-corrected chi connectivity index (χ2v) is 5.69. The van der Waals surface area contributed by atoms with Crippen LogP contribution >= 0.6 is 0 Å². The predicted octanol–water partition coefficient (Wildman–Crippen LogP) is 2.11. The van der Waals surface area contributed by atoms with Crippen molar-refractivity contribution < 1.29 is 14.7 Å². The summed E-state index contributed by atoms with van der Waals surface area (Å²) in [5.74, 6) is -0.367. The van der Waals surface area contributed by atoms with E-state index in [-0.39, 0.29) is 24.2 Å². The average Bonchev–Trinajstić information content (AvgIpc) is 3.26. The molecule has 0 unspecified atom stereocenters. The molecular formula is C15H21N3O3. The third-order valence-electron chi connectivity index (χ3n) is 3.52. The quantitative estimate of drug-likeness (QED) is 0.841. The molecule has 6 nitrogen and oxygen atoms in total. The number of hydrogen-bond donors (Lipinski definition) is 2. The number of aromatic carboxylic acids is 1. The van der Waals surface area contributed by atoms with Crippen LogP contribution in [0.5, 0.6) is 0 Å². The standard InChI is InChI=1S/C15H21N3O3/c1-10(2)18(9-11-3-4-11)15(21)17-8-13-7-12(14(19)20)5-6-16-13/h5-7,10-11H,3-4,8-9H2,1-2H3,(H,17,21)(H,19,20). The molecule has 0 aliphatic heterocycles. The molecule has 0 spiro atoms. The molecule has 0 aromatic carbocycles. The van der Waals surface area contributed by atoms with Gasteiger partial charge in [0.05, 0.1) is 17.8 Å². The van der Waals surface area contributed by atoms with Gasteiger partial charge in [0.15, 0.2) is 0 Å². The van der Waals surface area contributed by atoms with Crippen molar-refractivity contribution >= 4 is 12.0 Å². The number of hydrogen-bond acceptors (Lipinski definition) is 3. The van der Waals surface area contributed by atoms with Crippen molar-refractivity contribution in [3.63, 3.8) is 0 Å². The lowest BCUT2D eigenvalue weighted by Crippen LogP contribution is -2.44. The SMILES string of the molecule is CC(C)N(CC1CC1)C(=O)NCc1cc(C(=O)O)ccn1. The number of rotatable bonds is 6. The van der Waals surface area contributed by atoms with Gasteiger partial charge in [-0.25, -0.2) is 9.59 Å². The minimum absolute atomic E-state index is 0.126. The Labute approximate surface area is 124 Å². The highest BCUT2D eigenvalue weighted by Gasteiger charge is 2.28. The molecule has 1 aliphatic rings. The molecule has 21 heavy (non-hydrogen) atoms. The maximum atomic E-state index is 12.2. The lowest BCUT2D eigenvalue weighted by Gasteiger charge is -2.27. The van der Waals surface area contributed by atoms with E-state index in [1.54, 1.807) is 0 Å². The summed E-state index contributed by atoms with van der Waals surface area (Å²) in [6.45, 7) is 5.00. The Balaban J connectivity index is 1.92. The largest absolute Gasteiger partial charge is 0.478 e. The predicted molar refractivity (Wildman–Crippen MR) is 78.0 cm³/mol. The van der Waals surface area contributed by atoms with E-state index in [4.69, 9.17) is 5.11 Å². The van der Waals surface area contributed by atoms with Crippen molar-refractivity contribution in [3.8, 4) is 0 Å². The molecular weight excluding hydrogens is 270 g/mol. The fraction of sp³-hybridized carbons (Fsp3) is 0.533. The first-order valence-corrected chi connectivity index (χ1v) is 7.20. The lowest BCUT2D eigenvalue weighted by molar-refractivity contribution is 0.0696. The van der Waals surface area contributed by atoms with Crippen LogP contribution in [0.4, 0.5) is 4.79 Å². The molecule has 6 heteroatoms. The van der Waals surface area contributed by atoms with Crippen LogP contribution in [-0.2, 0) is 6.54 Å². The van der Waals surface area contributed by atoms with Gasteiger partial charge in [-0.1, -0.05) is 0 Å². The van der Waals surface area contributed by atoms with E-state index in [2.05, 4.69) is 10.3 Å². The number of carbonyl (C=O) groups is 2. The zero-order valence-corrected chi connectivity index (χ0v) is 12.4. The molecule has 1 saturated carbocycles. The van der Waals surface area contributed by atoms with Crippen LogP contribution in [0.15, 0.2) is 18.3 Å². The van der Waals surface area contributed by atoms with E-state index in [1.165, 1.54) is 31.2 Å². The number of carbonyl (C=O) groups excluding carboxylic acids is 1. The lowest BCUT2D eigenvalue weighted by atomic mass is 10.2. The number of nitrogens with one attached hydrogen (secondary N) is 1. The summed E-state index contributed by atoms with van der Waals surface area (Å²) >= 11 is 0. The topological polar surface area (TPSA) is 82.5 Å². The third-order valence-corrected chi connectivity index (χ3v) is 3.52. The van der Waals surface area contributed by atoms with Crippen LogP contribution in [0.2, 0.25) is 0 Å². The number of pyridine rings is 1. The van der Waals surface area contributed by atoms with Crippen molar-refractivity contribution in [3.05, 3.63) is 29.6 Å². The Bertz CT molecular complexity index is 527. The third kappa shape index (κ3) is 4.44. The van der Waals surface area contributed by atoms with Gasteiger partial charge >= 0.3 is 12.0 Å². The Morgan fingerprint density at radius 1 is 1.48 bits per heavy atom. The molecule has 0 atom stereocenters. The molecule has 114 valence electrons. The summed E-state index contributed by atoms with van der Waals surface area (Å²) in [6.07, 6.45) is 3.83. The van der Waals surface area contributed by atoms with Gasteiger partial charge in [-0.05, 0) is 44.7 Å². The zero-order valence-electron chi connectivity index (χ0n) is 12.4. The fourth-order valence-corrected chi connectivity index (χ4v) is 2.08. The fourth-order valence-electron chi connectivity index (χ4n) is 2.08. The molecule has 2 N–H and O–H groups in total. The van der Waals surface area contributed by atoms with E-state index < -0.39 is 5.97 Å². The highest BCUT2D eigenvalue weighted by Crippen LogP contribution is 2.30. The number of nitrogens with zero attached hydrogens (tertiary/aromatic N) is 2. The number of carboxylic acid groups (broad SMARTS) is 1. The molecule has 1 heterocycles. The Morgan fingerprint density at radius 3 is 2.76 bits per heavy atom. The molecule has 1 aromatic heterocycles. The highest BCUT2D eigenvalue weighted by molar-refractivity contribution is 5.87. The van der Waals surface area contributed by atoms with Crippen LogP contribution in [0.25, 0.3) is 0 Å². The number of aromatic nitrogens is 1. The van der Waals surface area contributed by atoms with Gasteiger partial charge in [-0.3, -0.25) is 4.98 Å². The van der Waals surface area contributed by atoms with Crippen LogP contribution in [0, 0.1) is 5.92 Å². The minimum Gasteiger partial charge on any atom is -0.478 e. The monoisotopic (exact) mass is 291 g/mol. The van der Waals surface area contributed by atoms with Gasteiger partial charge in [0.2, 0.25) is 0 Å². The summed E-state index contributed by atoms with van der Waals surface area (Å²) < 4.78 is 0. The van der Waals surface area contributed by atoms with E-state index in [0.29, 0.717) is 11.6 Å². The molecule has 1 aliphatic carbocycles. The Hall–Kier alpha value is -2.11. The normalized spacial score (nSPS) is 14.0. The second-order valence-electron chi connectivity index (χ2n) is 5.69. The Kier molecular flexibility index (Phi) is 4.77. The van der Waals surface area contributed by atoms with Crippen LogP contribution < -0.4 is 5.32 Å². The van der Waals surface area contributed by atoms with Gasteiger partial charge in [-0.2, -0.15) is 0 Å².